The van der Waals surface area contributed by atoms with Crippen molar-refractivity contribution in [2.75, 3.05) is 0 Å². The number of oxazole rings is 1. The van der Waals surface area contributed by atoms with Crippen LogP contribution in [0.1, 0.15) is 33.3 Å². The number of amides is 1. The summed E-state index contributed by atoms with van der Waals surface area (Å²) in [5.41, 5.74) is 1.59. The molecule has 19 heavy (non-hydrogen) atoms. The Morgan fingerprint density at radius 3 is 2.68 bits per heavy atom. The summed E-state index contributed by atoms with van der Waals surface area (Å²) in [6.45, 7) is 5.47. The van der Waals surface area contributed by atoms with Gasteiger partial charge in [0.2, 0.25) is 5.89 Å². The van der Waals surface area contributed by atoms with Gasteiger partial charge in [0.25, 0.3) is 5.91 Å². The lowest BCUT2D eigenvalue weighted by atomic mass is 10.1. The first-order chi connectivity index (χ1) is 8.97. The van der Waals surface area contributed by atoms with Crippen LogP contribution in [-0.2, 0) is 6.54 Å². The summed E-state index contributed by atoms with van der Waals surface area (Å²) in [4.78, 5) is 16.0. The van der Waals surface area contributed by atoms with Crippen LogP contribution in [0.15, 0.2) is 22.6 Å². The Balaban J connectivity index is 2.03. The fraction of sp³-hybridized carbons (Fsp3) is 0.286. The van der Waals surface area contributed by atoms with Crippen molar-refractivity contribution in [3.05, 3.63) is 52.5 Å². The Kier molecular flexibility index (Phi) is 3.64. The van der Waals surface area contributed by atoms with E-state index in [1.165, 1.54) is 6.07 Å². The smallest absolute Gasteiger partial charge is 0.251 e. The van der Waals surface area contributed by atoms with E-state index in [1.54, 1.807) is 19.1 Å². The molecule has 4 nitrogen and oxygen atoms in total. The van der Waals surface area contributed by atoms with Gasteiger partial charge in [0.05, 0.1) is 12.2 Å². The van der Waals surface area contributed by atoms with Gasteiger partial charge in [0.15, 0.2) is 0 Å². The Hall–Kier alpha value is -2.17. The number of aryl methyl sites for hydroxylation is 3. The van der Waals surface area contributed by atoms with Crippen LogP contribution in [0.25, 0.3) is 0 Å². The van der Waals surface area contributed by atoms with E-state index in [-0.39, 0.29) is 18.0 Å². The van der Waals surface area contributed by atoms with Crippen LogP contribution in [0, 0.1) is 26.6 Å². The number of rotatable bonds is 3. The zero-order valence-electron chi connectivity index (χ0n) is 11.1. The lowest BCUT2D eigenvalue weighted by Gasteiger charge is -2.04. The first kappa shape index (κ1) is 13.3. The minimum absolute atomic E-state index is 0.184. The second kappa shape index (κ2) is 5.22. The molecule has 1 aromatic heterocycles. The van der Waals surface area contributed by atoms with Crippen molar-refractivity contribution in [2.24, 2.45) is 0 Å². The molecule has 1 N–H and O–H groups in total. The summed E-state index contributed by atoms with van der Waals surface area (Å²) < 4.78 is 18.7. The van der Waals surface area contributed by atoms with Crippen molar-refractivity contribution < 1.29 is 13.6 Å². The predicted molar refractivity (Wildman–Crippen MR) is 68.3 cm³/mol. The van der Waals surface area contributed by atoms with Gasteiger partial charge in [-0.2, -0.15) is 0 Å². The first-order valence-electron chi connectivity index (χ1n) is 5.94. The lowest BCUT2D eigenvalue weighted by Crippen LogP contribution is -2.23. The minimum Gasteiger partial charge on any atom is -0.444 e. The van der Waals surface area contributed by atoms with Gasteiger partial charge in [-0.1, -0.05) is 6.07 Å². The van der Waals surface area contributed by atoms with Gasteiger partial charge in [0.1, 0.15) is 11.6 Å². The third kappa shape index (κ3) is 2.99. The van der Waals surface area contributed by atoms with Crippen LogP contribution in [0.2, 0.25) is 0 Å². The largest absolute Gasteiger partial charge is 0.444 e. The highest BCUT2D eigenvalue weighted by molar-refractivity contribution is 5.94. The molecule has 0 bridgehead atoms. The Morgan fingerprint density at radius 2 is 2.11 bits per heavy atom. The van der Waals surface area contributed by atoms with E-state index in [0.717, 1.165) is 11.5 Å². The highest BCUT2D eigenvalue weighted by Crippen LogP contribution is 2.10. The maximum atomic E-state index is 13.3. The van der Waals surface area contributed by atoms with E-state index in [1.807, 2.05) is 13.8 Å². The van der Waals surface area contributed by atoms with Crippen molar-refractivity contribution >= 4 is 5.91 Å². The summed E-state index contributed by atoms with van der Waals surface area (Å²) >= 11 is 0. The number of benzene rings is 1. The van der Waals surface area contributed by atoms with Crippen molar-refractivity contribution in [1.82, 2.24) is 10.3 Å². The first-order valence-corrected chi connectivity index (χ1v) is 5.94. The molecule has 0 saturated heterocycles. The molecule has 0 saturated carbocycles. The number of nitrogens with one attached hydrogen (secondary N) is 1. The fourth-order valence-electron chi connectivity index (χ4n) is 1.61. The highest BCUT2D eigenvalue weighted by Gasteiger charge is 2.10. The van der Waals surface area contributed by atoms with E-state index in [4.69, 9.17) is 4.42 Å². The summed E-state index contributed by atoms with van der Waals surface area (Å²) in [5, 5.41) is 2.64. The molecule has 1 amide bonds. The van der Waals surface area contributed by atoms with E-state index < -0.39 is 5.82 Å². The van der Waals surface area contributed by atoms with E-state index in [9.17, 15) is 9.18 Å². The molecule has 5 heteroatoms. The van der Waals surface area contributed by atoms with Crippen molar-refractivity contribution in [3.8, 4) is 0 Å². The molecule has 0 radical (unpaired) electrons. The van der Waals surface area contributed by atoms with E-state index >= 15 is 0 Å². The van der Waals surface area contributed by atoms with Gasteiger partial charge in [-0.25, -0.2) is 9.37 Å². The topological polar surface area (TPSA) is 55.1 Å². The van der Waals surface area contributed by atoms with Crippen LogP contribution in [-0.4, -0.2) is 10.9 Å². The monoisotopic (exact) mass is 262 g/mol. The third-order valence-corrected chi connectivity index (χ3v) is 2.91. The molecule has 0 aliphatic rings. The standard InChI is InChI=1S/C14H15FN2O2/c1-8-4-5-11(6-12(8)15)14(18)16-7-13-17-9(2)10(3)19-13/h4-6H,7H2,1-3H3,(H,16,18). The van der Waals surface area contributed by atoms with Gasteiger partial charge in [0, 0.05) is 5.56 Å². The summed E-state index contributed by atoms with van der Waals surface area (Å²) in [6, 6.07) is 4.38. The Labute approximate surface area is 110 Å². The molecule has 0 unspecified atom stereocenters. The van der Waals surface area contributed by atoms with Crippen LogP contribution >= 0.6 is 0 Å². The number of nitrogens with zero attached hydrogens (tertiary/aromatic N) is 1. The zero-order chi connectivity index (χ0) is 14.0. The second-order valence-corrected chi connectivity index (χ2v) is 4.40. The number of hydrogen-bond acceptors (Lipinski definition) is 3. The van der Waals surface area contributed by atoms with Gasteiger partial charge in [-0.3, -0.25) is 4.79 Å². The van der Waals surface area contributed by atoms with Crippen LogP contribution < -0.4 is 5.32 Å². The van der Waals surface area contributed by atoms with Crippen LogP contribution in [0.4, 0.5) is 4.39 Å². The lowest BCUT2D eigenvalue weighted by molar-refractivity contribution is 0.0946. The maximum Gasteiger partial charge on any atom is 0.251 e. The van der Waals surface area contributed by atoms with Crippen molar-refractivity contribution in [1.29, 1.82) is 0 Å². The maximum absolute atomic E-state index is 13.3. The SMILES string of the molecule is Cc1ccc(C(=O)NCc2nc(C)c(C)o2)cc1F. The van der Waals surface area contributed by atoms with Crippen molar-refractivity contribution in [3.63, 3.8) is 0 Å². The average Bonchev–Trinajstić information content (AvgIpc) is 2.69. The van der Waals surface area contributed by atoms with Crippen LogP contribution in [0.5, 0.6) is 0 Å². The zero-order valence-corrected chi connectivity index (χ0v) is 11.1. The molecular formula is C14H15FN2O2. The number of halogens is 1. The fourth-order valence-corrected chi connectivity index (χ4v) is 1.61. The Bertz CT molecular complexity index is 600. The van der Waals surface area contributed by atoms with Gasteiger partial charge < -0.3 is 9.73 Å². The normalized spacial score (nSPS) is 10.5. The van der Waals surface area contributed by atoms with E-state index in [0.29, 0.717) is 11.5 Å². The van der Waals surface area contributed by atoms with Gasteiger partial charge in [-0.15, -0.1) is 0 Å². The molecule has 2 rings (SSSR count). The average molecular weight is 262 g/mol. The molecule has 100 valence electrons. The predicted octanol–water partition coefficient (Wildman–Crippen LogP) is 2.67. The third-order valence-electron chi connectivity index (χ3n) is 2.91. The van der Waals surface area contributed by atoms with E-state index in [2.05, 4.69) is 10.3 Å². The number of hydrogen-bond donors (Lipinski definition) is 1. The molecular weight excluding hydrogens is 247 g/mol. The molecule has 1 aromatic carbocycles. The van der Waals surface area contributed by atoms with Crippen LogP contribution in [0.3, 0.4) is 0 Å². The summed E-state index contributed by atoms with van der Waals surface area (Å²) in [6.07, 6.45) is 0. The molecule has 2 aromatic rings. The molecule has 0 spiro atoms. The molecule has 0 fully saturated rings. The molecule has 0 aliphatic carbocycles. The molecule has 0 aliphatic heterocycles. The second-order valence-electron chi connectivity index (χ2n) is 4.40. The minimum atomic E-state index is -0.393. The van der Waals surface area contributed by atoms with Gasteiger partial charge >= 0.3 is 0 Å². The molecule has 0 atom stereocenters. The summed E-state index contributed by atoms with van der Waals surface area (Å²) in [7, 11) is 0. The van der Waals surface area contributed by atoms with Crippen molar-refractivity contribution in [2.45, 2.75) is 27.3 Å². The summed E-state index contributed by atoms with van der Waals surface area (Å²) in [5.74, 6) is 0.421. The quantitative estimate of drug-likeness (QED) is 0.925. The number of carbonyl (C=O) groups is 1. The highest BCUT2D eigenvalue weighted by atomic mass is 19.1. The number of aromatic nitrogens is 1. The molecule has 1 heterocycles. The Morgan fingerprint density at radius 1 is 1.37 bits per heavy atom. The van der Waals surface area contributed by atoms with Gasteiger partial charge in [-0.05, 0) is 38.5 Å². The number of carbonyl (C=O) groups excluding carboxylic acids is 1.